The molecule has 0 aliphatic carbocycles. The molecule has 3 heteroatoms. The number of nitrogens with zero attached hydrogens (tertiary/aromatic N) is 1. The Morgan fingerprint density at radius 1 is 1.11 bits per heavy atom. The summed E-state index contributed by atoms with van der Waals surface area (Å²) in [6.45, 7) is 1.42. The van der Waals surface area contributed by atoms with Crippen molar-refractivity contribution in [3.8, 4) is 0 Å². The van der Waals surface area contributed by atoms with Crippen LogP contribution in [0.5, 0.6) is 0 Å². The Balaban J connectivity index is 1.58. The summed E-state index contributed by atoms with van der Waals surface area (Å²) in [6.07, 6.45) is 6.30. The van der Waals surface area contributed by atoms with Crippen LogP contribution in [-0.2, 0) is 0 Å². The van der Waals surface area contributed by atoms with Crippen molar-refractivity contribution in [3.05, 3.63) is 30.3 Å². The summed E-state index contributed by atoms with van der Waals surface area (Å²) < 4.78 is 0. The molecule has 2 heterocycles. The summed E-state index contributed by atoms with van der Waals surface area (Å²) in [4.78, 5) is 4.08. The van der Waals surface area contributed by atoms with Crippen LogP contribution in [0.1, 0.15) is 32.1 Å². The normalized spacial score (nSPS) is 30.7. The third kappa shape index (κ3) is 3.15. The maximum Gasteiger partial charge on any atom is 0.0443 e. The van der Waals surface area contributed by atoms with Crippen molar-refractivity contribution < 1.29 is 5.11 Å². The molecule has 1 aromatic carbocycles. The van der Waals surface area contributed by atoms with Gasteiger partial charge in [0.15, 0.2) is 0 Å². The van der Waals surface area contributed by atoms with Crippen molar-refractivity contribution in [1.82, 2.24) is 4.90 Å². The average Bonchev–Trinajstić information content (AvgIpc) is 2.67. The van der Waals surface area contributed by atoms with Gasteiger partial charge in [-0.15, -0.1) is 11.8 Å². The summed E-state index contributed by atoms with van der Waals surface area (Å²) in [7, 11) is 0. The predicted octanol–water partition coefficient (Wildman–Crippen LogP) is 3.16. The van der Waals surface area contributed by atoms with Gasteiger partial charge < -0.3 is 5.11 Å². The summed E-state index contributed by atoms with van der Waals surface area (Å²) in [5.74, 6) is 0. The van der Waals surface area contributed by atoms with E-state index in [9.17, 15) is 0 Å². The zero-order valence-electron chi connectivity index (χ0n) is 11.4. The number of hydrogen-bond donors (Lipinski definition) is 1. The van der Waals surface area contributed by atoms with E-state index in [2.05, 4.69) is 47.0 Å². The number of aliphatic hydroxyl groups is 1. The molecule has 2 fully saturated rings. The molecule has 2 atom stereocenters. The van der Waals surface area contributed by atoms with E-state index in [-0.39, 0.29) is 0 Å². The van der Waals surface area contributed by atoms with Crippen LogP contribution in [0.3, 0.4) is 0 Å². The lowest BCUT2D eigenvalue weighted by molar-refractivity contribution is 0.131. The van der Waals surface area contributed by atoms with E-state index in [0.29, 0.717) is 6.61 Å². The van der Waals surface area contributed by atoms with Crippen LogP contribution in [0.15, 0.2) is 35.2 Å². The highest BCUT2D eigenvalue weighted by Gasteiger charge is 2.40. The van der Waals surface area contributed by atoms with Crippen molar-refractivity contribution in [3.63, 3.8) is 0 Å². The third-order valence-corrected chi connectivity index (χ3v) is 5.72. The van der Waals surface area contributed by atoms with Gasteiger partial charge in [0.25, 0.3) is 0 Å². The van der Waals surface area contributed by atoms with Crippen LogP contribution < -0.4 is 0 Å². The molecule has 0 spiro atoms. The largest absolute Gasteiger partial charge is 0.396 e. The van der Waals surface area contributed by atoms with Crippen molar-refractivity contribution in [1.29, 1.82) is 0 Å². The lowest BCUT2D eigenvalue weighted by Crippen LogP contribution is -2.44. The van der Waals surface area contributed by atoms with Gasteiger partial charge in [0.1, 0.15) is 0 Å². The molecule has 1 aromatic rings. The lowest BCUT2D eigenvalue weighted by atomic mass is 10.0. The van der Waals surface area contributed by atoms with Gasteiger partial charge in [0, 0.05) is 35.4 Å². The number of rotatable bonds is 5. The number of thioether (sulfide) groups is 1. The minimum Gasteiger partial charge on any atom is -0.396 e. The van der Waals surface area contributed by atoms with Crippen LogP contribution in [0.2, 0.25) is 0 Å². The Labute approximate surface area is 120 Å². The minimum absolute atomic E-state index is 0.331. The zero-order chi connectivity index (χ0) is 13.1. The Morgan fingerprint density at radius 3 is 2.42 bits per heavy atom. The molecule has 2 nitrogen and oxygen atoms in total. The highest BCUT2D eigenvalue weighted by atomic mass is 32.2. The topological polar surface area (TPSA) is 23.5 Å². The number of aliphatic hydroxyl groups excluding tert-OH is 1. The van der Waals surface area contributed by atoms with E-state index in [1.807, 2.05) is 0 Å². The smallest absolute Gasteiger partial charge is 0.0443 e. The Kier molecular flexibility index (Phi) is 4.46. The number of fused-ring (bicyclic) bond motifs is 2. The van der Waals surface area contributed by atoms with Gasteiger partial charge in [-0.1, -0.05) is 18.2 Å². The molecule has 2 aliphatic heterocycles. The molecule has 2 bridgehead atoms. The van der Waals surface area contributed by atoms with Crippen LogP contribution >= 0.6 is 11.8 Å². The molecule has 2 saturated heterocycles. The first-order chi connectivity index (χ1) is 9.36. The van der Waals surface area contributed by atoms with Gasteiger partial charge in [-0.05, 0) is 44.2 Å². The van der Waals surface area contributed by atoms with Crippen LogP contribution in [0.25, 0.3) is 0 Å². The van der Waals surface area contributed by atoms with E-state index < -0.39 is 0 Å². The first kappa shape index (κ1) is 13.5. The second-order valence-corrected chi connectivity index (χ2v) is 7.10. The maximum absolute atomic E-state index is 9.01. The van der Waals surface area contributed by atoms with E-state index in [1.54, 1.807) is 0 Å². The van der Waals surface area contributed by atoms with Gasteiger partial charge in [-0.2, -0.15) is 0 Å². The summed E-state index contributed by atoms with van der Waals surface area (Å²) >= 11 is 2.06. The molecule has 2 unspecified atom stereocenters. The zero-order valence-corrected chi connectivity index (χ0v) is 12.2. The molecule has 1 N–H and O–H groups in total. The predicted molar refractivity (Wildman–Crippen MR) is 80.5 cm³/mol. The van der Waals surface area contributed by atoms with Gasteiger partial charge in [-0.3, -0.25) is 4.90 Å². The second-order valence-electron chi connectivity index (χ2n) is 5.72. The second kappa shape index (κ2) is 6.29. The van der Waals surface area contributed by atoms with Gasteiger partial charge in [-0.25, -0.2) is 0 Å². The Hall–Kier alpha value is -0.510. The first-order valence-electron chi connectivity index (χ1n) is 7.45. The number of benzene rings is 1. The fourth-order valence-corrected chi connectivity index (χ4v) is 4.97. The van der Waals surface area contributed by atoms with Crippen molar-refractivity contribution in [2.24, 2.45) is 0 Å². The highest BCUT2D eigenvalue weighted by molar-refractivity contribution is 8.00. The molecular weight excluding hydrogens is 254 g/mol. The summed E-state index contributed by atoms with van der Waals surface area (Å²) in [5.41, 5.74) is 0. The van der Waals surface area contributed by atoms with Crippen molar-refractivity contribution in [2.45, 2.75) is 54.3 Å². The molecule has 104 valence electrons. The molecule has 2 aliphatic rings. The van der Waals surface area contributed by atoms with Gasteiger partial charge in [0.2, 0.25) is 0 Å². The molecule has 0 amide bonds. The SMILES string of the molecule is OCCCN1C2CCC1CC(Sc1ccccc1)C2. The van der Waals surface area contributed by atoms with Crippen LogP contribution in [-0.4, -0.2) is 40.5 Å². The fourth-order valence-electron chi connectivity index (χ4n) is 3.63. The minimum atomic E-state index is 0.331. The molecular formula is C16H23NOS. The van der Waals surface area contributed by atoms with Crippen LogP contribution in [0.4, 0.5) is 0 Å². The monoisotopic (exact) mass is 277 g/mol. The maximum atomic E-state index is 9.01. The van der Waals surface area contributed by atoms with E-state index >= 15 is 0 Å². The number of hydrogen-bond acceptors (Lipinski definition) is 3. The lowest BCUT2D eigenvalue weighted by Gasteiger charge is -2.38. The number of piperidine rings is 1. The molecule has 19 heavy (non-hydrogen) atoms. The van der Waals surface area contributed by atoms with Gasteiger partial charge >= 0.3 is 0 Å². The molecule has 0 aromatic heterocycles. The third-order valence-electron chi connectivity index (χ3n) is 4.46. The Morgan fingerprint density at radius 2 is 1.79 bits per heavy atom. The fraction of sp³-hybridized carbons (Fsp3) is 0.625. The molecule has 3 rings (SSSR count). The average molecular weight is 277 g/mol. The highest BCUT2D eigenvalue weighted by Crippen LogP contribution is 2.42. The Bertz CT molecular complexity index is 383. The van der Waals surface area contributed by atoms with Crippen molar-refractivity contribution in [2.75, 3.05) is 13.2 Å². The van der Waals surface area contributed by atoms with Gasteiger partial charge in [0.05, 0.1) is 0 Å². The van der Waals surface area contributed by atoms with Crippen LogP contribution in [0, 0.1) is 0 Å². The molecule has 0 saturated carbocycles. The quantitative estimate of drug-likeness (QED) is 0.894. The standard InChI is InChI=1S/C16H23NOS/c18-10-4-9-17-13-7-8-14(17)12-16(11-13)19-15-5-2-1-3-6-15/h1-3,5-6,13-14,16,18H,4,7-12H2. The van der Waals surface area contributed by atoms with E-state index in [0.717, 1.165) is 30.3 Å². The van der Waals surface area contributed by atoms with E-state index in [1.165, 1.54) is 30.6 Å². The van der Waals surface area contributed by atoms with E-state index in [4.69, 9.17) is 5.11 Å². The summed E-state index contributed by atoms with van der Waals surface area (Å²) in [6, 6.07) is 12.3. The van der Waals surface area contributed by atoms with Crippen molar-refractivity contribution >= 4 is 11.8 Å². The molecule has 0 radical (unpaired) electrons. The summed E-state index contributed by atoms with van der Waals surface area (Å²) in [5, 5.41) is 9.79. The first-order valence-corrected chi connectivity index (χ1v) is 8.33.